The Morgan fingerprint density at radius 2 is 1.59 bits per heavy atom. The van der Waals surface area contributed by atoms with Gasteiger partial charge in [-0.25, -0.2) is 0 Å². The van der Waals surface area contributed by atoms with Crippen molar-refractivity contribution < 1.29 is 19.1 Å². The fourth-order valence-electron chi connectivity index (χ4n) is 2.44. The zero-order valence-corrected chi connectivity index (χ0v) is 16.0. The largest absolute Gasteiger partial charge is 0.493 e. The Balaban J connectivity index is 1.93. The molecular formula is C21H26N2O4. The van der Waals surface area contributed by atoms with E-state index in [-0.39, 0.29) is 11.8 Å². The van der Waals surface area contributed by atoms with Crippen LogP contribution in [-0.4, -0.2) is 25.5 Å². The number of methoxy groups -OCH3 is 1. The van der Waals surface area contributed by atoms with E-state index in [2.05, 4.69) is 10.6 Å². The first-order valence-electron chi connectivity index (χ1n) is 8.94. The van der Waals surface area contributed by atoms with Crippen molar-refractivity contribution in [2.75, 3.05) is 13.7 Å². The highest BCUT2D eigenvalue weighted by Gasteiger charge is 2.08. The van der Waals surface area contributed by atoms with Crippen molar-refractivity contribution in [2.45, 2.75) is 33.4 Å². The number of carbonyl (C=O) groups is 2. The number of nitrogens with one attached hydrogen (secondary N) is 2. The molecule has 2 amide bonds. The normalized spacial score (nSPS) is 10.2. The van der Waals surface area contributed by atoms with Crippen molar-refractivity contribution >= 4 is 11.8 Å². The van der Waals surface area contributed by atoms with Gasteiger partial charge in [0.2, 0.25) is 5.91 Å². The molecule has 0 atom stereocenters. The summed E-state index contributed by atoms with van der Waals surface area (Å²) in [4.78, 5) is 23.3. The van der Waals surface area contributed by atoms with Crippen LogP contribution in [0.1, 0.15) is 41.8 Å². The fourth-order valence-corrected chi connectivity index (χ4v) is 2.44. The third-order valence-electron chi connectivity index (χ3n) is 3.90. The summed E-state index contributed by atoms with van der Waals surface area (Å²) in [6.45, 7) is 4.98. The predicted molar refractivity (Wildman–Crippen MR) is 104 cm³/mol. The van der Waals surface area contributed by atoms with Crippen molar-refractivity contribution in [3.8, 4) is 11.5 Å². The number of benzene rings is 2. The lowest BCUT2D eigenvalue weighted by molar-refractivity contribution is -0.119. The Kier molecular flexibility index (Phi) is 7.67. The van der Waals surface area contributed by atoms with Gasteiger partial charge in [-0.05, 0) is 41.8 Å². The molecule has 0 unspecified atom stereocenters. The zero-order valence-electron chi connectivity index (χ0n) is 16.0. The molecule has 6 nitrogen and oxygen atoms in total. The molecule has 0 fully saturated rings. The first-order chi connectivity index (χ1) is 13.0. The van der Waals surface area contributed by atoms with Crippen LogP contribution < -0.4 is 20.1 Å². The van der Waals surface area contributed by atoms with Gasteiger partial charge >= 0.3 is 0 Å². The van der Waals surface area contributed by atoms with E-state index in [0.29, 0.717) is 36.8 Å². The standard InChI is InChI=1S/C21H26N2O4/c1-4-11-27-19-10-7-17(12-20(19)26-3)14-23-21(25)18-8-5-16(6-9-18)13-22-15(2)24/h5-10,12H,4,11,13-14H2,1-3H3,(H,22,24)(H,23,25). The first kappa shape index (κ1) is 20.3. The minimum atomic E-state index is -0.161. The SMILES string of the molecule is CCCOc1ccc(CNC(=O)c2ccc(CNC(C)=O)cc2)cc1OC. The highest BCUT2D eigenvalue weighted by Crippen LogP contribution is 2.28. The molecule has 2 N–H and O–H groups in total. The fraction of sp³-hybridized carbons (Fsp3) is 0.333. The van der Waals surface area contributed by atoms with Gasteiger partial charge in [-0.1, -0.05) is 25.1 Å². The minimum Gasteiger partial charge on any atom is -0.493 e. The first-order valence-corrected chi connectivity index (χ1v) is 8.94. The van der Waals surface area contributed by atoms with E-state index >= 15 is 0 Å². The van der Waals surface area contributed by atoms with Gasteiger partial charge in [0.25, 0.3) is 5.91 Å². The highest BCUT2D eigenvalue weighted by molar-refractivity contribution is 5.94. The molecule has 144 valence electrons. The Morgan fingerprint density at radius 1 is 0.926 bits per heavy atom. The maximum absolute atomic E-state index is 12.3. The summed E-state index contributed by atoms with van der Waals surface area (Å²) in [6, 6.07) is 12.8. The Bertz CT molecular complexity index is 772. The average Bonchev–Trinajstić information content (AvgIpc) is 2.69. The van der Waals surface area contributed by atoms with Crippen molar-refractivity contribution in [1.82, 2.24) is 10.6 Å². The van der Waals surface area contributed by atoms with Crippen molar-refractivity contribution in [1.29, 1.82) is 0 Å². The van der Waals surface area contributed by atoms with E-state index < -0.39 is 0 Å². The Morgan fingerprint density at radius 3 is 2.22 bits per heavy atom. The number of hydrogen-bond acceptors (Lipinski definition) is 4. The van der Waals surface area contributed by atoms with E-state index in [1.165, 1.54) is 6.92 Å². The lowest BCUT2D eigenvalue weighted by atomic mass is 10.1. The quantitative estimate of drug-likeness (QED) is 0.711. The van der Waals surface area contributed by atoms with Crippen LogP contribution in [0.2, 0.25) is 0 Å². The van der Waals surface area contributed by atoms with Crippen LogP contribution in [0.25, 0.3) is 0 Å². The van der Waals surface area contributed by atoms with Crippen LogP contribution in [0, 0.1) is 0 Å². The van der Waals surface area contributed by atoms with Gasteiger partial charge in [-0.3, -0.25) is 9.59 Å². The molecule has 0 saturated carbocycles. The molecule has 0 aliphatic heterocycles. The number of rotatable bonds is 9. The molecule has 0 saturated heterocycles. The molecule has 6 heteroatoms. The van der Waals surface area contributed by atoms with E-state index in [1.807, 2.05) is 37.3 Å². The summed E-state index contributed by atoms with van der Waals surface area (Å²) >= 11 is 0. The zero-order chi connectivity index (χ0) is 19.6. The van der Waals surface area contributed by atoms with E-state index in [0.717, 1.165) is 17.5 Å². The number of amides is 2. The van der Waals surface area contributed by atoms with Gasteiger partial charge in [0.15, 0.2) is 11.5 Å². The van der Waals surface area contributed by atoms with Crippen molar-refractivity contribution in [3.05, 3.63) is 59.2 Å². The van der Waals surface area contributed by atoms with Crippen molar-refractivity contribution in [3.63, 3.8) is 0 Å². The van der Waals surface area contributed by atoms with Crippen LogP contribution in [-0.2, 0) is 17.9 Å². The second-order valence-corrected chi connectivity index (χ2v) is 6.12. The third kappa shape index (κ3) is 6.33. The van der Waals surface area contributed by atoms with Crippen LogP contribution in [0.3, 0.4) is 0 Å². The highest BCUT2D eigenvalue weighted by atomic mass is 16.5. The summed E-state index contributed by atoms with van der Waals surface area (Å²) in [5.41, 5.74) is 2.43. The van der Waals surface area contributed by atoms with Gasteiger partial charge in [0, 0.05) is 25.6 Å². The maximum atomic E-state index is 12.3. The van der Waals surface area contributed by atoms with Gasteiger partial charge in [0.1, 0.15) is 0 Å². The van der Waals surface area contributed by atoms with Crippen molar-refractivity contribution in [2.24, 2.45) is 0 Å². The second-order valence-electron chi connectivity index (χ2n) is 6.12. The molecule has 2 aromatic carbocycles. The minimum absolute atomic E-state index is 0.0849. The molecule has 0 aromatic heterocycles. The molecule has 2 rings (SSSR count). The summed E-state index contributed by atoms with van der Waals surface area (Å²) in [5, 5.41) is 5.62. The lowest BCUT2D eigenvalue weighted by Crippen LogP contribution is -2.23. The number of carbonyl (C=O) groups excluding carboxylic acids is 2. The lowest BCUT2D eigenvalue weighted by Gasteiger charge is -2.12. The van der Waals surface area contributed by atoms with E-state index in [1.54, 1.807) is 19.2 Å². The summed E-state index contributed by atoms with van der Waals surface area (Å²) < 4.78 is 11.0. The second kappa shape index (κ2) is 10.2. The molecule has 0 radical (unpaired) electrons. The third-order valence-corrected chi connectivity index (χ3v) is 3.90. The molecule has 0 heterocycles. The number of hydrogen-bond donors (Lipinski definition) is 2. The molecule has 27 heavy (non-hydrogen) atoms. The maximum Gasteiger partial charge on any atom is 0.251 e. The van der Waals surface area contributed by atoms with Crippen LogP contribution >= 0.6 is 0 Å². The molecule has 2 aromatic rings. The summed E-state index contributed by atoms with van der Waals surface area (Å²) in [7, 11) is 1.60. The average molecular weight is 370 g/mol. The Hall–Kier alpha value is -3.02. The van der Waals surface area contributed by atoms with Gasteiger partial charge in [-0.15, -0.1) is 0 Å². The van der Waals surface area contributed by atoms with E-state index in [9.17, 15) is 9.59 Å². The number of ether oxygens (including phenoxy) is 2. The Labute approximate surface area is 159 Å². The van der Waals surface area contributed by atoms with E-state index in [4.69, 9.17) is 9.47 Å². The predicted octanol–water partition coefficient (Wildman–Crippen LogP) is 3.05. The van der Waals surface area contributed by atoms with Gasteiger partial charge < -0.3 is 20.1 Å². The molecular weight excluding hydrogens is 344 g/mol. The monoisotopic (exact) mass is 370 g/mol. The summed E-state index contributed by atoms with van der Waals surface area (Å²) in [5.74, 6) is 1.10. The topological polar surface area (TPSA) is 76.7 Å². The van der Waals surface area contributed by atoms with Gasteiger partial charge in [0.05, 0.1) is 13.7 Å². The smallest absolute Gasteiger partial charge is 0.251 e. The van der Waals surface area contributed by atoms with Crippen LogP contribution in [0.4, 0.5) is 0 Å². The molecule has 0 bridgehead atoms. The summed E-state index contributed by atoms with van der Waals surface area (Å²) in [6.07, 6.45) is 0.921. The van der Waals surface area contributed by atoms with Crippen LogP contribution in [0.5, 0.6) is 11.5 Å². The molecule has 0 aliphatic carbocycles. The molecule has 0 aliphatic rings. The van der Waals surface area contributed by atoms with Gasteiger partial charge in [-0.2, -0.15) is 0 Å². The van der Waals surface area contributed by atoms with Crippen LogP contribution in [0.15, 0.2) is 42.5 Å². The molecule has 0 spiro atoms.